The molecule has 2 aromatic rings. The van der Waals surface area contributed by atoms with E-state index >= 15 is 0 Å². The minimum Gasteiger partial charge on any atom is -0.480 e. The molecule has 2 amide bonds. The molecule has 0 spiro atoms. The van der Waals surface area contributed by atoms with E-state index in [1.54, 1.807) is 0 Å². The lowest BCUT2D eigenvalue weighted by molar-refractivity contribution is -0.142. The summed E-state index contributed by atoms with van der Waals surface area (Å²) in [6, 6.07) is 15.4. The van der Waals surface area contributed by atoms with Crippen LogP contribution in [0.3, 0.4) is 0 Å². The zero-order chi connectivity index (χ0) is 23.7. The number of rotatable bonds is 8. The van der Waals surface area contributed by atoms with Crippen molar-refractivity contribution < 1.29 is 24.2 Å². The number of carbonyl (C=O) groups excluding carboxylic acids is 2. The van der Waals surface area contributed by atoms with Gasteiger partial charge in [-0.25, -0.2) is 9.59 Å². The molecule has 0 unspecified atom stereocenters. The summed E-state index contributed by atoms with van der Waals surface area (Å²) in [5.41, 5.74) is 4.68. The van der Waals surface area contributed by atoms with E-state index in [9.17, 15) is 19.5 Å². The van der Waals surface area contributed by atoms with E-state index < -0.39 is 18.1 Å². The number of alkyl carbamates (subject to hydrolysis) is 1. The molecule has 2 saturated carbocycles. The first-order valence-electron chi connectivity index (χ1n) is 12.1. The smallest absolute Gasteiger partial charge is 0.407 e. The Morgan fingerprint density at radius 2 is 1.59 bits per heavy atom. The molecule has 178 valence electrons. The van der Waals surface area contributed by atoms with Crippen LogP contribution in [0.1, 0.15) is 55.6 Å². The molecule has 0 heterocycles. The van der Waals surface area contributed by atoms with Crippen LogP contribution in [0, 0.1) is 11.8 Å². The molecule has 2 aromatic carbocycles. The van der Waals surface area contributed by atoms with Gasteiger partial charge in [0, 0.05) is 17.9 Å². The van der Waals surface area contributed by atoms with E-state index in [-0.39, 0.29) is 30.4 Å². The maximum atomic E-state index is 12.6. The minimum absolute atomic E-state index is 0.000302. The molecular formula is C27H30N2O5. The summed E-state index contributed by atoms with van der Waals surface area (Å²) < 4.78 is 5.62. The number of aliphatic carboxylic acids is 1. The largest absolute Gasteiger partial charge is 0.480 e. The van der Waals surface area contributed by atoms with E-state index in [4.69, 9.17) is 4.74 Å². The predicted molar refractivity (Wildman–Crippen MR) is 126 cm³/mol. The third kappa shape index (κ3) is 4.79. The Morgan fingerprint density at radius 3 is 2.21 bits per heavy atom. The number of ether oxygens (including phenoxy) is 1. The number of hydrogen-bond acceptors (Lipinski definition) is 4. The van der Waals surface area contributed by atoms with Gasteiger partial charge in [0.2, 0.25) is 5.91 Å². The molecule has 3 aliphatic rings. The van der Waals surface area contributed by atoms with Gasteiger partial charge in [-0.1, -0.05) is 61.4 Å². The zero-order valence-corrected chi connectivity index (χ0v) is 19.0. The van der Waals surface area contributed by atoms with Gasteiger partial charge in [0.25, 0.3) is 0 Å². The van der Waals surface area contributed by atoms with Crippen LogP contribution in [0.5, 0.6) is 0 Å². The molecule has 34 heavy (non-hydrogen) atoms. The number of nitrogens with one attached hydrogen (secondary N) is 2. The summed E-state index contributed by atoms with van der Waals surface area (Å²) in [6.07, 6.45) is 3.87. The van der Waals surface area contributed by atoms with Crippen molar-refractivity contribution >= 4 is 18.0 Å². The molecule has 0 aromatic heterocycles. The molecule has 3 atom stereocenters. The van der Waals surface area contributed by atoms with Crippen molar-refractivity contribution in [1.82, 2.24) is 10.6 Å². The van der Waals surface area contributed by atoms with Gasteiger partial charge in [0.05, 0.1) is 0 Å². The van der Waals surface area contributed by atoms with Crippen LogP contribution in [0.2, 0.25) is 0 Å². The van der Waals surface area contributed by atoms with Crippen LogP contribution in [-0.4, -0.2) is 41.8 Å². The minimum atomic E-state index is -0.980. The van der Waals surface area contributed by atoms with Crippen LogP contribution in [-0.2, 0) is 14.3 Å². The Bertz CT molecular complexity index is 1050. The molecule has 5 rings (SSSR count). The van der Waals surface area contributed by atoms with E-state index in [2.05, 4.69) is 34.9 Å². The summed E-state index contributed by atoms with van der Waals surface area (Å²) in [5.74, 6) is -1.09. The summed E-state index contributed by atoms with van der Waals surface area (Å²) in [5, 5.41) is 15.0. The Morgan fingerprint density at radius 1 is 0.941 bits per heavy atom. The Hall–Kier alpha value is -3.35. The number of carboxylic acid groups (broad SMARTS) is 1. The fourth-order valence-electron chi connectivity index (χ4n) is 5.36. The third-order valence-corrected chi connectivity index (χ3v) is 7.35. The number of benzene rings is 2. The SMILES string of the molecule is O=C(N[C@H]1CC[C@@H](C(=O)N[C@@H](CC2CC2)C(=O)O)C1)OCC1c2ccccc2-c2ccccc21. The van der Waals surface area contributed by atoms with Gasteiger partial charge < -0.3 is 20.5 Å². The highest BCUT2D eigenvalue weighted by Crippen LogP contribution is 2.44. The first-order valence-corrected chi connectivity index (χ1v) is 12.1. The van der Waals surface area contributed by atoms with Gasteiger partial charge in [-0.3, -0.25) is 4.79 Å². The number of amides is 2. The average Bonchev–Trinajstić information content (AvgIpc) is 3.43. The van der Waals surface area contributed by atoms with Crippen molar-refractivity contribution in [3.8, 4) is 11.1 Å². The van der Waals surface area contributed by atoms with Crippen LogP contribution < -0.4 is 10.6 Å². The van der Waals surface area contributed by atoms with Crippen molar-refractivity contribution in [3.05, 3.63) is 59.7 Å². The lowest BCUT2D eigenvalue weighted by Gasteiger charge is -2.18. The van der Waals surface area contributed by atoms with E-state index in [0.29, 0.717) is 31.6 Å². The van der Waals surface area contributed by atoms with Crippen LogP contribution in [0.15, 0.2) is 48.5 Å². The van der Waals surface area contributed by atoms with Crippen molar-refractivity contribution in [1.29, 1.82) is 0 Å². The van der Waals surface area contributed by atoms with Crippen molar-refractivity contribution in [2.24, 2.45) is 11.8 Å². The second kappa shape index (κ2) is 9.49. The lowest BCUT2D eigenvalue weighted by atomic mass is 9.98. The lowest BCUT2D eigenvalue weighted by Crippen LogP contribution is -2.44. The summed E-state index contributed by atoms with van der Waals surface area (Å²) in [7, 11) is 0. The maximum Gasteiger partial charge on any atom is 0.407 e. The van der Waals surface area contributed by atoms with E-state index in [0.717, 1.165) is 24.0 Å². The maximum absolute atomic E-state index is 12.6. The van der Waals surface area contributed by atoms with E-state index in [1.165, 1.54) is 11.1 Å². The molecule has 7 heteroatoms. The highest BCUT2D eigenvalue weighted by molar-refractivity contribution is 5.85. The zero-order valence-electron chi connectivity index (χ0n) is 19.0. The van der Waals surface area contributed by atoms with E-state index in [1.807, 2.05) is 24.3 Å². The van der Waals surface area contributed by atoms with Crippen LogP contribution in [0.4, 0.5) is 4.79 Å². The van der Waals surface area contributed by atoms with Crippen LogP contribution in [0.25, 0.3) is 11.1 Å². The molecular weight excluding hydrogens is 432 g/mol. The predicted octanol–water partition coefficient (Wildman–Crippen LogP) is 4.06. The normalized spacial score (nSPS) is 21.9. The molecule has 0 aliphatic heterocycles. The Labute approximate surface area is 198 Å². The summed E-state index contributed by atoms with van der Waals surface area (Å²) in [4.78, 5) is 36.6. The van der Waals surface area contributed by atoms with Gasteiger partial charge in [-0.05, 0) is 53.9 Å². The van der Waals surface area contributed by atoms with Crippen molar-refractivity contribution in [2.75, 3.05) is 6.61 Å². The Kier molecular flexibility index (Phi) is 6.26. The molecule has 2 fully saturated rings. The molecule has 0 saturated heterocycles. The molecule has 3 N–H and O–H groups in total. The van der Waals surface area contributed by atoms with Gasteiger partial charge in [-0.15, -0.1) is 0 Å². The summed E-state index contributed by atoms with van der Waals surface area (Å²) in [6.45, 7) is 0.248. The van der Waals surface area contributed by atoms with Crippen molar-refractivity contribution in [3.63, 3.8) is 0 Å². The fourth-order valence-corrected chi connectivity index (χ4v) is 5.36. The topological polar surface area (TPSA) is 105 Å². The monoisotopic (exact) mass is 462 g/mol. The second-order valence-corrected chi connectivity index (χ2v) is 9.76. The number of carboxylic acids is 1. The Balaban J connectivity index is 1.12. The molecule has 0 radical (unpaired) electrons. The highest BCUT2D eigenvalue weighted by Gasteiger charge is 2.35. The highest BCUT2D eigenvalue weighted by atomic mass is 16.5. The number of fused-ring (bicyclic) bond motifs is 3. The fraction of sp³-hybridized carbons (Fsp3) is 0.444. The average molecular weight is 463 g/mol. The second-order valence-electron chi connectivity index (χ2n) is 9.76. The van der Waals surface area contributed by atoms with Crippen molar-refractivity contribution in [2.45, 2.75) is 56.5 Å². The van der Waals surface area contributed by atoms with Gasteiger partial charge >= 0.3 is 12.1 Å². The van der Waals surface area contributed by atoms with Crippen LogP contribution >= 0.6 is 0 Å². The van der Waals surface area contributed by atoms with Gasteiger partial charge in [0.1, 0.15) is 12.6 Å². The van der Waals surface area contributed by atoms with Gasteiger partial charge in [-0.2, -0.15) is 0 Å². The first-order chi connectivity index (χ1) is 16.5. The third-order valence-electron chi connectivity index (χ3n) is 7.35. The number of carbonyl (C=O) groups is 3. The molecule has 0 bridgehead atoms. The summed E-state index contributed by atoms with van der Waals surface area (Å²) >= 11 is 0. The quantitative estimate of drug-likeness (QED) is 0.549. The first kappa shape index (κ1) is 22.4. The molecule has 7 nitrogen and oxygen atoms in total. The van der Waals surface area contributed by atoms with Gasteiger partial charge in [0.15, 0.2) is 0 Å². The number of hydrogen-bond donors (Lipinski definition) is 3. The molecule has 3 aliphatic carbocycles. The standard InChI is InChI=1S/C27H30N2O5/c30-25(29-24(26(31)32)13-16-9-10-16)17-11-12-18(14-17)28-27(33)34-15-23-21-7-3-1-5-19(21)20-6-2-4-8-22(20)23/h1-8,16-18,23-24H,9-15H2,(H,28,33)(H,29,30)(H,31,32)/t17-,18+,24+/m1/s1.